The van der Waals surface area contributed by atoms with Crippen LogP contribution in [0.1, 0.15) is 36.7 Å². The Morgan fingerprint density at radius 1 is 1.27 bits per heavy atom. The molecule has 2 amide bonds. The maximum absolute atomic E-state index is 12.3. The second-order valence-electron chi connectivity index (χ2n) is 6.28. The predicted molar refractivity (Wildman–Crippen MR) is 101 cm³/mol. The maximum atomic E-state index is 12.3. The van der Waals surface area contributed by atoms with Crippen molar-refractivity contribution in [3.63, 3.8) is 0 Å². The van der Waals surface area contributed by atoms with Gasteiger partial charge in [-0.15, -0.1) is 10.2 Å². The molecule has 2 aromatic rings. The van der Waals surface area contributed by atoms with Gasteiger partial charge in [-0.2, -0.15) is 0 Å². The van der Waals surface area contributed by atoms with Gasteiger partial charge in [0.05, 0.1) is 5.75 Å². The van der Waals surface area contributed by atoms with E-state index >= 15 is 0 Å². The number of carbonyl (C=O) groups excluding carboxylic acids is 2. The van der Waals surface area contributed by atoms with Crippen molar-refractivity contribution in [2.24, 2.45) is 5.73 Å². The molecule has 1 aliphatic carbocycles. The molecular formula is C18H23N5O2S. The summed E-state index contributed by atoms with van der Waals surface area (Å²) in [5.41, 5.74) is 8.75. The molecule has 0 saturated heterocycles. The first-order valence-corrected chi connectivity index (χ1v) is 9.80. The molecule has 7 nitrogen and oxygen atoms in total. The summed E-state index contributed by atoms with van der Waals surface area (Å²) in [6.07, 6.45) is 4.10. The van der Waals surface area contributed by atoms with Gasteiger partial charge < -0.3 is 15.6 Å². The van der Waals surface area contributed by atoms with Crippen molar-refractivity contribution < 1.29 is 9.59 Å². The molecule has 1 aromatic heterocycles. The lowest BCUT2D eigenvalue weighted by Crippen LogP contribution is -2.15. The van der Waals surface area contributed by atoms with Crippen LogP contribution in [0.4, 0.5) is 5.69 Å². The van der Waals surface area contributed by atoms with Gasteiger partial charge in [-0.3, -0.25) is 9.59 Å². The van der Waals surface area contributed by atoms with Crippen molar-refractivity contribution in [3.05, 3.63) is 35.2 Å². The molecule has 0 saturated carbocycles. The lowest BCUT2D eigenvalue weighted by Gasteiger charge is -2.08. The summed E-state index contributed by atoms with van der Waals surface area (Å²) in [5, 5.41) is 11.9. The highest BCUT2D eigenvalue weighted by atomic mass is 32.2. The minimum absolute atomic E-state index is 0.0720. The van der Waals surface area contributed by atoms with Crippen molar-refractivity contribution >= 4 is 29.3 Å². The minimum atomic E-state index is -0.362. The lowest BCUT2D eigenvalue weighted by atomic mass is 10.1. The molecule has 1 aromatic carbocycles. The first-order valence-electron chi connectivity index (χ1n) is 8.81. The normalized spacial score (nSPS) is 12.8. The van der Waals surface area contributed by atoms with Crippen LogP contribution in [0.3, 0.4) is 0 Å². The zero-order valence-electron chi connectivity index (χ0n) is 14.8. The average Bonchev–Trinajstić information content (AvgIpc) is 3.23. The van der Waals surface area contributed by atoms with Gasteiger partial charge in [0.1, 0.15) is 5.82 Å². The van der Waals surface area contributed by atoms with E-state index < -0.39 is 0 Å². The third-order valence-electron chi connectivity index (χ3n) is 4.42. The van der Waals surface area contributed by atoms with Gasteiger partial charge in [0.2, 0.25) is 11.8 Å². The van der Waals surface area contributed by atoms with Crippen molar-refractivity contribution in [1.29, 1.82) is 0 Å². The Hall–Kier alpha value is -2.35. The predicted octanol–water partition coefficient (Wildman–Crippen LogP) is 1.94. The van der Waals surface area contributed by atoms with E-state index in [2.05, 4.69) is 27.6 Å². The van der Waals surface area contributed by atoms with Crippen LogP contribution in [0.5, 0.6) is 0 Å². The molecule has 0 radical (unpaired) electrons. The molecule has 138 valence electrons. The van der Waals surface area contributed by atoms with Gasteiger partial charge in [0, 0.05) is 25.1 Å². The van der Waals surface area contributed by atoms with Gasteiger partial charge >= 0.3 is 0 Å². The van der Waals surface area contributed by atoms with E-state index in [0.717, 1.165) is 18.5 Å². The number of hydrogen-bond donors (Lipinski definition) is 2. The second-order valence-corrected chi connectivity index (χ2v) is 7.23. The van der Waals surface area contributed by atoms with Crippen LogP contribution in [0.25, 0.3) is 0 Å². The quantitative estimate of drug-likeness (QED) is 0.688. The SMILES string of the molecule is CCn1c(CCC(N)=O)nnc1SCC(=O)Nc1ccc2c(c1)CCC2. The van der Waals surface area contributed by atoms with E-state index in [9.17, 15) is 9.59 Å². The molecule has 0 bridgehead atoms. The number of primary amides is 1. The largest absolute Gasteiger partial charge is 0.370 e. The van der Waals surface area contributed by atoms with Crippen LogP contribution in [-0.4, -0.2) is 32.3 Å². The van der Waals surface area contributed by atoms with E-state index in [0.29, 0.717) is 23.9 Å². The van der Waals surface area contributed by atoms with Crippen molar-refractivity contribution in [2.75, 3.05) is 11.1 Å². The van der Waals surface area contributed by atoms with Gasteiger partial charge in [0.15, 0.2) is 5.16 Å². The molecule has 0 fully saturated rings. The summed E-state index contributed by atoms with van der Waals surface area (Å²) in [7, 11) is 0. The molecule has 26 heavy (non-hydrogen) atoms. The van der Waals surface area contributed by atoms with Gasteiger partial charge in [0.25, 0.3) is 0 Å². The molecule has 0 aliphatic heterocycles. The third-order valence-corrected chi connectivity index (χ3v) is 5.39. The number of nitrogens with zero attached hydrogens (tertiary/aromatic N) is 3. The van der Waals surface area contributed by atoms with Gasteiger partial charge in [-0.25, -0.2) is 0 Å². The number of fused-ring (bicyclic) bond motifs is 1. The zero-order chi connectivity index (χ0) is 18.5. The number of amides is 2. The fraction of sp³-hybridized carbons (Fsp3) is 0.444. The minimum Gasteiger partial charge on any atom is -0.370 e. The Bertz CT molecular complexity index is 818. The fourth-order valence-corrected chi connectivity index (χ4v) is 3.96. The standard InChI is InChI=1S/C18H23N5O2S/c1-2-23-16(9-8-15(19)24)21-22-18(23)26-11-17(25)20-14-7-6-12-4-3-5-13(12)10-14/h6-7,10H,2-5,8-9,11H2,1H3,(H2,19,24)(H,20,25). The summed E-state index contributed by atoms with van der Waals surface area (Å²) in [6.45, 7) is 2.65. The Morgan fingerprint density at radius 3 is 2.85 bits per heavy atom. The molecule has 3 rings (SSSR count). The van der Waals surface area contributed by atoms with E-state index in [-0.39, 0.29) is 24.0 Å². The molecule has 1 aliphatic rings. The Morgan fingerprint density at radius 2 is 2.08 bits per heavy atom. The first-order chi connectivity index (χ1) is 12.6. The van der Waals surface area contributed by atoms with Crippen molar-refractivity contribution in [3.8, 4) is 0 Å². The first kappa shape index (κ1) is 18.4. The zero-order valence-corrected chi connectivity index (χ0v) is 15.6. The summed E-state index contributed by atoms with van der Waals surface area (Å²) >= 11 is 1.34. The number of nitrogens with two attached hydrogens (primary N) is 1. The van der Waals surface area contributed by atoms with E-state index in [1.807, 2.05) is 17.6 Å². The van der Waals surface area contributed by atoms with Crippen LogP contribution in [0.15, 0.2) is 23.4 Å². The average molecular weight is 373 g/mol. The number of anilines is 1. The van der Waals surface area contributed by atoms with Crippen molar-refractivity contribution in [1.82, 2.24) is 14.8 Å². The van der Waals surface area contributed by atoms with Crippen LogP contribution in [-0.2, 0) is 35.4 Å². The summed E-state index contributed by atoms with van der Waals surface area (Å²) in [6, 6.07) is 6.13. The van der Waals surface area contributed by atoms with Crippen molar-refractivity contribution in [2.45, 2.75) is 50.7 Å². The van der Waals surface area contributed by atoms with Crippen LogP contribution >= 0.6 is 11.8 Å². The summed E-state index contributed by atoms with van der Waals surface area (Å²) in [5.74, 6) is 0.536. The number of benzene rings is 1. The Balaban J connectivity index is 1.56. The molecule has 1 heterocycles. The molecule has 8 heteroatoms. The topological polar surface area (TPSA) is 103 Å². The van der Waals surface area contributed by atoms with Gasteiger partial charge in [-0.05, 0) is 49.4 Å². The Kier molecular flexibility index (Phi) is 5.92. The molecular weight excluding hydrogens is 350 g/mol. The van der Waals surface area contributed by atoms with Crippen LogP contribution < -0.4 is 11.1 Å². The molecule has 0 spiro atoms. The number of rotatable bonds is 8. The number of carbonyl (C=O) groups is 2. The fourth-order valence-electron chi connectivity index (χ4n) is 3.14. The number of aromatic nitrogens is 3. The highest BCUT2D eigenvalue weighted by Gasteiger charge is 2.15. The van der Waals surface area contributed by atoms with Gasteiger partial charge in [-0.1, -0.05) is 17.8 Å². The van der Waals surface area contributed by atoms with E-state index in [1.165, 1.54) is 29.3 Å². The number of aryl methyl sites for hydroxylation is 3. The molecule has 3 N–H and O–H groups in total. The van der Waals surface area contributed by atoms with E-state index in [1.54, 1.807) is 0 Å². The monoisotopic (exact) mass is 373 g/mol. The highest BCUT2D eigenvalue weighted by molar-refractivity contribution is 7.99. The maximum Gasteiger partial charge on any atom is 0.234 e. The number of nitrogens with one attached hydrogen (secondary N) is 1. The Labute approximate surface area is 156 Å². The second kappa shape index (κ2) is 8.35. The molecule has 0 atom stereocenters. The highest BCUT2D eigenvalue weighted by Crippen LogP contribution is 2.25. The third kappa shape index (κ3) is 4.43. The van der Waals surface area contributed by atoms with Crippen LogP contribution in [0, 0.1) is 0 Å². The van der Waals surface area contributed by atoms with Crippen LogP contribution in [0.2, 0.25) is 0 Å². The number of thioether (sulfide) groups is 1. The smallest absolute Gasteiger partial charge is 0.234 e. The molecule has 0 unspecified atom stereocenters. The lowest BCUT2D eigenvalue weighted by molar-refractivity contribution is -0.118. The van der Waals surface area contributed by atoms with E-state index in [4.69, 9.17) is 5.73 Å². The summed E-state index contributed by atoms with van der Waals surface area (Å²) in [4.78, 5) is 23.2. The number of hydrogen-bond acceptors (Lipinski definition) is 5. The summed E-state index contributed by atoms with van der Waals surface area (Å²) < 4.78 is 1.91.